The summed E-state index contributed by atoms with van der Waals surface area (Å²) in [5.41, 5.74) is 3.12. The standard InChI is InChI=1S/C35H34N4O5S/c1-22-4-6-24(7-5-22)28-21-39(20-23-11-14-45-15-12-23)38-34(35(28)41)30(40)16-25-8-9-26(19-37-25)44-31-10-13-36-29-18-33(43-3)32(42-2)17-27(29)31/h4-10,13,17-19,21,23H,11-12,14-16,20H2,1-3H3. The van der Waals surface area contributed by atoms with Crippen molar-refractivity contribution in [2.45, 2.75) is 32.7 Å². The fourth-order valence-electron chi connectivity index (χ4n) is 5.43. The number of benzene rings is 2. The Morgan fingerprint density at radius 2 is 1.71 bits per heavy atom. The quantitative estimate of drug-likeness (QED) is 0.161. The summed E-state index contributed by atoms with van der Waals surface area (Å²) in [6, 6.07) is 16.6. The summed E-state index contributed by atoms with van der Waals surface area (Å²) in [5.74, 6) is 4.52. The molecule has 9 nitrogen and oxygen atoms in total. The Morgan fingerprint density at radius 3 is 2.42 bits per heavy atom. The molecule has 3 aromatic heterocycles. The molecule has 45 heavy (non-hydrogen) atoms. The average Bonchev–Trinajstić information content (AvgIpc) is 3.06. The molecule has 4 heterocycles. The maximum absolute atomic E-state index is 13.6. The van der Waals surface area contributed by atoms with Crippen molar-refractivity contribution < 1.29 is 19.0 Å². The number of aryl methyl sites for hydroxylation is 1. The molecule has 1 aliphatic heterocycles. The Morgan fingerprint density at radius 1 is 0.956 bits per heavy atom. The van der Waals surface area contributed by atoms with Crippen LogP contribution in [0, 0.1) is 12.8 Å². The van der Waals surface area contributed by atoms with E-state index in [0.717, 1.165) is 40.9 Å². The van der Waals surface area contributed by atoms with Crippen molar-refractivity contribution in [2.24, 2.45) is 5.92 Å². The van der Waals surface area contributed by atoms with Crippen LogP contribution in [0.5, 0.6) is 23.0 Å². The largest absolute Gasteiger partial charge is 0.493 e. The molecule has 0 spiro atoms. The van der Waals surface area contributed by atoms with Gasteiger partial charge in [-0.25, -0.2) is 0 Å². The highest BCUT2D eigenvalue weighted by molar-refractivity contribution is 7.99. The molecule has 10 heteroatoms. The summed E-state index contributed by atoms with van der Waals surface area (Å²) in [6.45, 7) is 2.68. The zero-order chi connectivity index (χ0) is 31.3. The number of ketones is 1. The van der Waals surface area contributed by atoms with E-state index in [0.29, 0.717) is 52.2 Å². The van der Waals surface area contributed by atoms with E-state index in [9.17, 15) is 9.59 Å². The van der Waals surface area contributed by atoms with Gasteiger partial charge < -0.3 is 14.2 Å². The van der Waals surface area contributed by atoms with Crippen LogP contribution in [0.3, 0.4) is 0 Å². The highest BCUT2D eigenvalue weighted by atomic mass is 32.2. The normalized spacial score (nSPS) is 13.5. The van der Waals surface area contributed by atoms with Crippen molar-refractivity contribution in [3.05, 3.63) is 100 Å². The Kier molecular flexibility index (Phi) is 9.11. The summed E-state index contributed by atoms with van der Waals surface area (Å²) in [5, 5.41) is 5.31. The second-order valence-electron chi connectivity index (χ2n) is 11.1. The average molecular weight is 623 g/mol. The zero-order valence-electron chi connectivity index (χ0n) is 25.5. The lowest BCUT2D eigenvalue weighted by molar-refractivity contribution is 0.0983. The predicted octanol–water partition coefficient (Wildman–Crippen LogP) is 6.54. The van der Waals surface area contributed by atoms with Crippen molar-refractivity contribution in [1.29, 1.82) is 0 Å². The second-order valence-corrected chi connectivity index (χ2v) is 12.3. The van der Waals surface area contributed by atoms with Gasteiger partial charge in [-0.3, -0.25) is 24.2 Å². The van der Waals surface area contributed by atoms with Crippen LogP contribution in [0.15, 0.2) is 78.0 Å². The van der Waals surface area contributed by atoms with E-state index in [1.807, 2.05) is 49.0 Å². The van der Waals surface area contributed by atoms with E-state index < -0.39 is 0 Å². The van der Waals surface area contributed by atoms with E-state index in [-0.39, 0.29) is 23.3 Å². The molecule has 2 aromatic carbocycles. The minimum Gasteiger partial charge on any atom is -0.493 e. The van der Waals surface area contributed by atoms with E-state index in [2.05, 4.69) is 15.1 Å². The number of hydrogen-bond donors (Lipinski definition) is 0. The minimum atomic E-state index is -0.371. The number of methoxy groups -OCH3 is 2. The molecule has 0 aliphatic carbocycles. The third kappa shape index (κ3) is 6.86. The number of thioether (sulfide) groups is 1. The van der Waals surface area contributed by atoms with Gasteiger partial charge in [0.2, 0.25) is 5.43 Å². The number of hydrogen-bond acceptors (Lipinski definition) is 9. The second kappa shape index (κ2) is 13.5. The first-order valence-corrected chi connectivity index (χ1v) is 16.0. The van der Waals surface area contributed by atoms with Crippen LogP contribution in [-0.4, -0.2) is 51.3 Å². The Labute approximate surface area is 265 Å². The minimum absolute atomic E-state index is 0.0604. The number of fused-ring (bicyclic) bond motifs is 1. The third-order valence-electron chi connectivity index (χ3n) is 7.95. The van der Waals surface area contributed by atoms with Crippen molar-refractivity contribution in [3.8, 4) is 34.1 Å². The summed E-state index contributed by atoms with van der Waals surface area (Å²) in [4.78, 5) is 36.1. The number of carbonyl (C=O) groups excluding carboxylic acids is 1. The van der Waals surface area contributed by atoms with E-state index in [1.165, 1.54) is 0 Å². The van der Waals surface area contributed by atoms with Crippen LogP contribution in [-0.2, 0) is 13.0 Å². The monoisotopic (exact) mass is 622 g/mol. The fraction of sp³-hybridized carbons (Fsp3) is 0.286. The van der Waals surface area contributed by atoms with E-state index in [1.54, 1.807) is 61.8 Å². The van der Waals surface area contributed by atoms with Gasteiger partial charge in [0.05, 0.1) is 32.4 Å². The molecule has 0 N–H and O–H groups in total. The molecule has 0 radical (unpaired) electrons. The van der Waals surface area contributed by atoms with Crippen LogP contribution < -0.4 is 19.6 Å². The van der Waals surface area contributed by atoms with Gasteiger partial charge in [-0.2, -0.15) is 16.9 Å². The molecule has 0 bridgehead atoms. The smallest absolute Gasteiger partial charge is 0.218 e. The van der Waals surface area contributed by atoms with Gasteiger partial charge in [0.15, 0.2) is 23.0 Å². The molecule has 1 aliphatic rings. The predicted molar refractivity (Wildman–Crippen MR) is 176 cm³/mol. The fourth-order valence-corrected chi connectivity index (χ4v) is 6.64. The number of Topliss-reactive ketones (excluding diaryl/α,β-unsaturated/α-hetero) is 1. The molecule has 6 rings (SSSR count). The molecule has 0 atom stereocenters. The Bertz CT molecular complexity index is 1880. The van der Waals surface area contributed by atoms with Gasteiger partial charge in [-0.1, -0.05) is 29.8 Å². The van der Waals surface area contributed by atoms with Gasteiger partial charge in [0, 0.05) is 41.6 Å². The van der Waals surface area contributed by atoms with E-state index in [4.69, 9.17) is 14.2 Å². The molecule has 0 saturated carbocycles. The maximum Gasteiger partial charge on any atom is 0.218 e. The number of ether oxygens (including phenoxy) is 3. The molecule has 0 unspecified atom stereocenters. The first kappa shape index (κ1) is 30.3. The summed E-state index contributed by atoms with van der Waals surface area (Å²) < 4.78 is 18.8. The highest BCUT2D eigenvalue weighted by Gasteiger charge is 2.21. The molecular formula is C35H34N4O5S. The number of aromatic nitrogens is 4. The Balaban J connectivity index is 1.24. The Hall–Kier alpha value is -4.70. The van der Waals surface area contributed by atoms with Crippen molar-refractivity contribution in [3.63, 3.8) is 0 Å². The van der Waals surface area contributed by atoms with Crippen LogP contribution in [0.2, 0.25) is 0 Å². The van der Waals surface area contributed by atoms with Crippen molar-refractivity contribution >= 4 is 28.4 Å². The number of nitrogens with zero attached hydrogens (tertiary/aromatic N) is 4. The molecular weight excluding hydrogens is 588 g/mol. The summed E-state index contributed by atoms with van der Waals surface area (Å²) >= 11 is 1.96. The topological polar surface area (TPSA) is 105 Å². The van der Waals surface area contributed by atoms with Gasteiger partial charge in [0.1, 0.15) is 11.5 Å². The lowest BCUT2D eigenvalue weighted by atomic mass is 10.0. The van der Waals surface area contributed by atoms with Crippen molar-refractivity contribution in [1.82, 2.24) is 19.7 Å². The number of carbonyl (C=O) groups is 1. The zero-order valence-corrected chi connectivity index (χ0v) is 26.3. The lowest BCUT2D eigenvalue weighted by Gasteiger charge is -2.22. The highest BCUT2D eigenvalue weighted by Crippen LogP contribution is 2.36. The third-order valence-corrected chi connectivity index (χ3v) is 9.00. The lowest BCUT2D eigenvalue weighted by Crippen LogP contribution is -2.27. The molecule has 1 fully saturated rings. The maximum atomic E-state index is 13.6. The van der Waals surface area contributed by atoms with Crippen LogP contribution in [0.1, 0.15) is 34.6 Å². The summed E-state index contributed by atoms with van der Waals surface area (Å²) in [6.07, 6.45) is 7.14. The first-order valence-electron chi connectivity index (χ1n) is 14.8. The van der Waals surface area contributed by atoms with Gasteiger partial charge in [-0.15, -0.1) is 0 Å². The number of rotatable bonds is 10. The molecule has 1 saturated heterocycles. The van der Waals surface area contributed by atoms with Crippen LogP contribution in [0.25, 0.3) is 22.0 Å². The first-order chi connectivity index (χ1) is 21.9. The SMILES string of the molecule is COc1cc2nccc(Oc3ccc(CC(=O)c4nn(CC5CCSCC5)cc(-c5ccc(C)cc5)c4=O)nc3)c2cc1OC. The molecule has 0 amide bonds. The number of pyridine rings is 2. The van der Waals surface area contributed by atoms with Gasteiger partial charge in [-0.05, 0) is 67.0 Å². The summed E-state index contributed by atoms with van der Waals surface area (Å²) in [7, 11) is 3.15. The molecule has 5 aromatic rings. The van der Waals surface area contributed by atoms with E-state index >= 15 is 0 Å². The van der Waals surface area contributed by atoms with Gasteiger partial charge in [0.25, 0.3) is 0 Å². The van der Waals surface area contributed by atoms with Crippen molar-refractivity contribution in [2.75, 3.05) is 25.7 Å². The van der Waals surface area contributed by atoms with Crippen LogP contribution in [0.4, 0.5) is 0 Å². The molecule has 230 valence electrons. The van der Waals surface area contributed by atoms with Crippen LogP contribution >= 0.6 is 11.8 Å². The van der Waals surface area contributed by atoms with Gasteiger partial charge >= 0.3 is 0 Å².